The van der Waals surface area contributed by atoms with Crippen molar-refractivity contribution in [2.24, 2.45) is 5.41 Å². The van der Waals surface area contributed by atoms with Crippen LogP contribution in [0.25, 0.3) is 0 Å². The third-order valence-corrected chi connectivity index (χ3v) is 10.6. The lowest BCUT2D eigenvalue weighted by atomic mass is 9.93. The molecular formula is C30H38F2N4O5S. The highest BCUT2D eigenvalue weighted by Crippen LogP contribution is 2.54. The Morgan fingerprint density at radius 2 is 1.64 bits per heavy atom. The van der Waals surface area contributed by atoms with Crippen molar-refractivity contribution in [1.82, 2.24) is 4.72 Å². The molecule has 3 fully saturated rings. The van der Waals surface area contributed by atoms with E-state index in [1.807, 2.05) is 11.0 Å². The Kier molecular flexibility index (Phi) is 7.82. The van der Waals surface area contributed by atoms with Gasteiger partial charge in [0.1, 0.15) is 5.75 Å². The normalized spacial score (nSPS) is 21.0. The Balaban J connectivity index is 1.30. The predicted molar refractivity (Wildman–Crippen MR) is 156 cm³/mol. The van der Waals surface area contributed by atoms with Crippen LogP contribution in [0.15, 0.2) is 35.2 Å². The molecule has 2 saturated heterocycles. The van der Waals surface area contributed by atoms with Crippen molar-refractivity contribution < 1.29 is 31.8 Å². The molecule has 12 heteroatoms. The largest absolute Gasteiger partial charge is 0.491 e. The second-order valence-corrected chi connectivity index (χ2v) is 13.8. The molecule has 0 unspecified atom stereocenters. The van der Waals surface area contributed by atoms with Gasteiger partial charge in [-0.05, 0) is 79.8 Å². The molecule has 6 rings (SSSR count). The van der Waals surface area contributed by atoms with Gasteiger partial charge in [-0.3, -0.25) is 4.79 Å². The van der Waals surface area contributed by atoms with E-state index in [1.54, 1.807) is 12.1 Å². The molecule has 2 aromatic rings. The minimum atomic E-state index is -3.87. The lowest BCUT2D eigenvalue weighted by Crippen LogP contribution is -2.39. The second-order valence-electron chi connectivity index (χ2n) is 12.0. The molecule has 0 bridgehead atoms. The molecular weight excluding hydrogens is 566 g/mol. The number of aliphatic hydroxyl groups is 1. The number of nitrogens with zero attached hydrogens (tertiary/aromatic N) is 2. The van der Waals surface area contributed by atoms with Crippen LogP contribution < -0.4 is 24.6 Å². The maximum absolute atomic E-state index is 13.9. The van der Waals surface area contributed by atoms with Crippen molar-refractivity contribution >= 4 is 33.0 Å². The van der Waals surface area contributed by atoms with Gasteiger partial charge in [0.2, 0.25) is 10.0 Å². The number of fused-ring (bicyclic) bond motifs is 1. The Bertz CT molecular complexity index is 1440. The molecule has 4 aliphatic rings. The molecule has 3 N–H and O–H groups in total. The minimum absolute atomic E-state index is 0.0318. The monoisotopic (exact) mass is 604 g/mol. The number of ether oxygens (including phenoxy) is 1. The van der Waals surface area contributed by atoms with Crippen molar-refractivity contribution in [2.75, 3.05) is 61.1 Å². The lowest BCUT2D eigenvalue weighted by Gasteiger charge is -2.36. The van der Waals surface area contributed by atoms with Crippen LogP contribution in [0.1, 0.15) is 60.9 Å². The van der Waals surface area contributed by atoms with E-state index in [1.165, 1.54) is 25.0 Å². The van der Waals surface area contributed by atoms with E-state index in [0.29, 0.717) is 40.4 Å². The van der Waals surface area contributed by atoms with Gasteiger partial charge < -0.3 is 25.0 Å². The first kappa shape index (κ1) is 29.1. The van der Waals surface area contributed by atoms with Crippen LogP contribution in [0.4, 0.5) is 25.8 Å². The van der Waals surface area contributed by atoms with Gasteiger partial charge in [0.05, 0.1) is 35.0 Å². The molecule has 0 aromatic heterocycles. The summed E-state index contributed by atoms with van der Waals surface area (Å²) in [6.07, 6.45) is 5.53. The first-order valence-corrected chi connectivity index (χ1v) is 16.3. The summed E-state index contributed by atoms with van der Waals surface area (Å²) in [4.78, 5) is 17.8. The number of hydrogen-bond acceptors (Lipinski definition) is 7. The van der Waals surface area contributed by atoms with E-state index in [-0.39, 0.29) is 49.9 Å². The van der Waals surface area contributed by atoms with Gasteiger partial charge in [-0.15, -0.1) is 0 Å². The van der Waals surface area contributed by atoms with Gasteiger partial charge in [-0.1, -0.05) is 0 Å². The minimum Gasteiger partial charge on any atom is -0.491 e. The van der Waals surface area contributed by atoms with Crippen molar-refractivity contribution in [3.05, 3.63) is 41.5 Å². The van der Waals surface area contributed by atoms with Gasteiger partial charge in [-0.2, -0.15) is 0 Å². The molecule has 1 spiro atoms. The highest BCUT2D eigenvalue weighted by molar-refractivity contribution is 7.89. The number of nitrogens with one attached hydrogen (secondary N) is 2. The summed E-state index contributed by atoms with van der Waals surface area (Å²) in [5.74, 6) is -2.37. The number of sulfonamides is 1. The quantitative estimate of drug-likeness (QED) is 0.415. The van der Waals surface area contributed by atoms with Gasteiger partial charge in [0.15, 0.2) is 0 Å². The molecule has 228 valence electrons. The third kappa shape index (κ3) is 6.07. The molecule has 9 nitrogen and oxygen atoms in total. The number of piperidine rings is 2. The summed E-state index contributed by atoms with van der Waals surface area (Å²) in [5, 5.41) is 12.1. The molecule has 3 aliphatic heterocycles. The SMILES string of the molecule is O=C(Nc1cc2c(c(N3CCC(F)(F)CC3)c1)OCCC2)c1ccc(S(=O)(=O)NCCO)cc1N1CCC2(CC1)CC2. The van der Waals surface area contributed by atoms with Crippen LogP contribution in [0.3, 0.4) is 0 Å². The number of rotatable bonds is 8. The van der Waals surface area contributed by atoms with E-state index in [4.69, 9.17) is 9.84 Å². The number of hydrogen-bond donors (Lipinski definition) is 3. The number of halogens is 2. The van der Waals surface area contributed by atoms with Crippen LogP contribution in [-0.2, 0) is 16.4 Å². The standard InChI is InChI=1S/C30H38F2N4O5S/c31-30(32)9-14-36(15-10-30)26-19-22(18-21-2-1-17-41-27(21)26)34-28(38)24-4-3-23(42(39,40)33-11-16-37)20-25(24)35-12-7-29(5-6-29)8-13-35/h3-4,18-20,33,37H,1-2,5-17H2,(H,34,38). The molecule has 42 heavy (non-hydrogen) atoms. The first-order chi connectivity index (χ1) is 20.1. The molecule has 3 heterocycles. The highest BCUT2D eigenvalue weighted by Gasteiger charge is 2.45. The smallest absolute Gasteiger partial charge is 0.257 e. The van der Waals surface area contributed by atoms with Gasteiger partial charge in [0.25, 0.3) is 11.8 Å². The molecule has 1 saturated carbocycles. The van der Waals surface area contributed by atoms with Crippen molar-refractivity contribution in [2.45, 2.75) is 62.2 Å². The first-order valence-electron chi connectivity index (χ1n) is 14.8. The average Bonchev–Trinajstić information content (AvgIpc) is 3.74. The summed E-state index contributed by atoms with van der Waals surface area (Å²) in [6.45, 7) is 1.97. The van der Waals surface area contributed by atoms with Crippen LogP contribution in [0.5, 0.6) is 5.75 Å². The van der Waals surface area contributed by atoms with Crippen LogP contribution in [-0.4, -0.2) is 71.3 Å². The lowest BCUT2D eigenvalue weighted by molar-refractivity contribution is -0.0221. The summed E-state index contributed by atoms with van der Waals surface area (Å²) in [7, 11) is -3.87. The fourth-order valence-corrected chi connectivity index (χ4v) is 7.38. The van der Waals surface area contributed by atoms with Crippen molar-refractivity contribution in [1.29, 1.82) is 0 Å². The Labute approximate surface area is 245 Å². The number of aliphatic hydroxyl groups excluding tert-OH is 1. The van der Waals surface area contributed by atoms with E-state index in [2.05, 4.69) is 14.9 Å². The Morgan fingerprint density at radius 1 is 0.952 bits per heavy atom. The predicted octanol–water partition coefficient (Wildman–Crippen LogP) is 4.15. The summed E-state index contributed by atoms with van der Waals surface area (Å²) in [5.41, 5.74) is 3.48. The number of anilines is 3. The average molecular weight is 605 g/mol. The van der Waals surface area contributed by atoms with Crippen LogP contribution in [0, 0.1) is 5.41 Å². The zero-order valence-corrected chi connectivity index (χ0v) is 24.4. The molecule has 0 radical (unpaired) electrons. The number of benzene rings is 2. The van der Waals surface area contributed by atoms with Crippen LogP contribution in [0.2, 0.25) is 0 Å². The van der Waals surface area contributed by atoms with E-state index in [0.717, 1.165) is 44.3 Å². The number of aryl methyl sites for hydroxylation is 1. The van der Waals surface area contributed by atoms with Gasteiger partial charge in [0, 0.05) is 51.3 Å². The maximum atomic E-state index is 13.9. The summed E-state index contributed by atoms with van der Waals surface area (Å²) in [6, 6.07) is 8.16. The fraction of sp³-hybridized carbons (Fsp3) is 0.567. The number of amides is 1. The second kappa shape index (κ2) is 11.3. The number of alkyl halides is 2. The van der Waals surface area contributed by atoms with Crippen LogP contribution >= 0.6 is 0 Å². The molecule has 1 amide bonds. The maximum Gasteiger partial charge on any atom is 0.257 e. The molecule has 2 aromatic carbocycles. The van der Waals surface area contributed by atoms with Gasteiger partial charge >= 0.3 is 0 Å². The highest BCUT2D eigenvalue weighted by atomic mass is 32.2. The summed E-state index contributed by atoms with van der Waals surface area (Å²) >= 11 is 0. The van der Waals surface area contributed by atoms with Crippen molar-refractivity contribution in [3.63, 3.8) is 0 Å². The molecule has 0 atom stereocenters. The van der Waals surface area contributed by atoms with Gasteiger partial charge in [-0.25, -0.2) is 21.9 Å². The Hall–Kier alpha value is -2.96. The number of carbonyl (C=O) groups excluding carboxylic acids is 1. The van der Waals surface area contributed by atoms with E-state index >= 15 is 0 Å². The van der Waals surface area contributed by atoms with Crippen molar-refractivity contribution in [3.8, 4) is 5.75 Å². The zero-order chi connectivity index (χ0) is 29.5. The number of carbonyl (C=O) groups is 1. The fourth-order valence-electron chi connectivity index (χ4n) is 6.34. The molecule has 1 aliphatic carbocycles. The van der Waals surface area contributed by atoms with E-state index in [9.17, 15) is 22.0 Å². The topological polar surface area (TPSA) is 111 Å². The third-order valence-electron chi connectivity index (χ3n) is 9.13. The summed E-state index contributed by atoms with van der Waals surface area (Å²) < 4.78 is 61.9. The Morgan fingerprint density at radius 3 is 2.33 bits per heavy atom. The zero-order valence-electron chi connectivity index (χ0n) is 23.6. The van der Waals surface area contributed by atoms with E-state index < -0.39 is 15.9 Å².